The molecule has 0 aliphatic carbocycles. The first-order valence-electron chi connectivity index (χ1n) is 8.23. The lowest BCUT2D eigenvalue weighted by molar-refractivity contribution is -0.133. The van der Waals surface area contributed by atoms with Crippen LogP contribution in [0.5, 0.6) is 0 Å². The second-order valence-electron chi connectivity index (χ2n) is 5.88. The van der Waals surface area contributed by atoms with Gasteiger partial charge in [-0.15, -0.1) is 36.2 Å². The Morgan fingerprint density at radius 1 is 1.35 bits per heavy atom. The number of hydrogen-bond acceptors (Lipinski definition) is 7. The topological polar surface area (TPSA) is 74.5 Å². The summed E-state index contributed by atoms with van der Waals surface area (Å²) < 4.78 is 5.45. The number of rotatable bonds is 6. The highest BCUT2D eigenvalue weighted by molar-refractivity contribution is 7.13. The van der Waals surface area contributed by atoms with Crippen LogP contribution in [-0.4, -0.2) is 65.6 Å². The van der Waals surface area contributed by atoms with E-state index in [9.17, 15) is 4.79 Å². The molecule has 1 aliphatic rings. The van der Waals surface area contributed by atoms with Gasteiger partial charge in [0.25, 0.3) is 0 Å². The summed E-state index contributed by atoms with van der Waals surface area (Å²) in [7, 11) is 1.86. The molecule has 1 unspecified atom stereocenters. The molecule has 26 heavy (non-hydrogen) atoms. The summed E-state index contributed by atoms with van der Waals surface area (Å²) in [4.78, 5) is 21.8. The Kier molecular flexibility index (Phi) is 9.52. The van der Waals surface area contributed by atoms with E-state index in [1.54, 1.807) is 11.3 Å². The zero-order chi connectivity index (χ0) is 16.9. The quantitative estimate of drug-likeness (QED) is 0.771. The van der Waals surface area contributed by atoms with Crippen molar-refractivity contribution >= 4 is 42.1 Å². The molecular weight excluding hydrogens is 397 g/mol. The molecule has 2 aromatic heterocycles. The maximum absolute atomic E-state index is 12.1. The van der Waals surface area contributed by atoms with Crippen LogP contribution >= 0.6 is 36.2 Å². The van der Waals surface area contributed by atoms with Gasteiger partial charge in [0.15, 0.2) is 0 Å². The maximum Gasteiger partial charge on any atom is 0.244 e. The molecular formula is C16H25Cl2N5O2S. The summed E-state index contributed by atoms with van der Waals surface area (Å²) in [6.07, 6.45) is 0.555. The lowest BCUT2D eigenvalue weighted by atomic mass is 10.2. The molecule has 10 heteroatoms. The largest absolute Gasteiger partial charge is 0.340 e. The number of carbonyl (C=O) groups is 1. The molecule has 1 aliphatic heterocycles. The summed E-state index contributed by atoms with van der Waals surface area (Å²) in [6.45, 7) is 5.94. The van der Waals surface area contributed by atoms with Gasteiger partial charge in [0.05, 0.1) is 10.9 Å². The van der Waals surface area contributed by atoms with Crippen molar-refractivity contribution in [2.24, 2.45) is 0 Å². The maximum atomic E-state index is 12.1. The van der Waals surface area contributed by atoms with Crippen LogP contribution in [0.15, 0.2) is 22.0 Å². The molecule has 0 bridgehead atoms. The summed E-state index contributed by atoms with van der Waals surface area (Å²) >= 11 is 1.60. The number of aromatic nitrogens is 2. The van der Waals surface area contributed by atoms with Gasteiger partial charge < -0.3 is 14.7 Å². The van der Waals surface area contributed by atoms with Gasteiger partial charge in [0.2, 0.25) is 17.6 Å². The number of nitrogens with zero attached hydrogens (tertiary/aromatic N) is 4. The van der Waals surface area contributed by atoms with Crippen molar-refractivity contribution in [1.82, 2.24) is 25.3 Å². The van der Waals surface area contributed by atoms with Crippen molar-refractivity contribution in [2.75, 3.05) is 39.8 Å². The summed E-state index contributed by atoms with van der Waals surface area (Å²) in [6, 6.07) is 4.02. The minimum Gasteiger partial charge on any atom is -0.340 e. The Balaban J connectivity index is 0.00000169. The third-order valence-corrected chi connectivity index (χ3v) is 5.21. The highest BCUT2D eigenvalue weighted by atomic mass is 35.5. The lowest BCUT2D eigenvalue weighted by Crippen LogP contribution is -2.49. The SMILES string of the molecule is CNCCC(=O)N1CCN(C(C)c2nc(-c3cccs3)no2)CC1.Cl.Cl. The van der Waals surface area contributed by atoms with Gasteiger partial charge in [-0.25, -0.2) is 0 Å². The van der Waals surface area contributed by atoms with Crippen molar-refractivity contribution < 1.29 is 9.32 Å². The second kappa shape index (κ2) is 10.8. The highest BCUT2D eigenvalue weighted by Gasteiger charge is 2.27. The first-order chi connectivity index (χ1) is 11.7. The normalized spacial score (nSPS) is 15.8. The number of hydrogen-bond donors (Lipinski definition) is 1. The highest BCUT2D eigenvalue weighted by Crippen LogP contribution is 2.25. The smallest absolute Gasteiger partial charge is 0.244 e. The molecule has 2 aromatic rings. The van der Waals surface area contributed by atoms with Gasteiger partial charge in [-0.3, -0.25) is 9.69 Å². The van der Waals surface area contributed by atoms with Gasteiger partial charge in [-0.05, 0) is 25.4 Å². The second-order valence-corrected chi connectivity index (χ2v) is 6.83. The zero-order valence-electron chi connectivity index (χ0n) is 14.9. The molecule has 0 radical (unpaired) electrons. The molecule has 0 aromatic carbocycles. The van der Waals surface area contributed by atoms with Crippen LogP contribution in [-0.2, 0) is 4.79 Å². The van der Waals surface area contributed by atoms with Gasteiger partial charge in [-0.2, -0.15) is 4.98 Å². The molecule has 1 saturated heterocycles. The van der Waals surface area contributed by atoms with Crippen molar-refractivity contribution in [3.8, 4) is 10.7 Å². The summed E-state index contributed by atoms with van der Waals surface area (Å²) in [5.41, 5.74) is 0. The number of amides is 1. The van der Waals surface area contributed by atoms with Crippen LogP contribution in [0.1, 0.15) is 25.3 Å². The summed E-state index contributed by atoms with van der Waals surface area (Å²) in [5.74, 6) is 1.50. The van der Waals surface area contributed by atoms with Crippen molar-refractivity contribution in [3.05, 3.63) is 23.4 Å². The van der Waals surface area contributed by atoms with E-state index in [0.717, 1.165) is 37.6 Å². The molecule has 0 saturated carbocycles. The van der Waals surface area contributed by atoms with Crippen molar-refractivity contribution in [3.63, 3.8) is 0 Å². The molecule has 3 rings (SSSR count). The molecule has 1 atom stereocenters. The zero-order valence-corrected chi connectivity index (χ0v) is 17.3. The standard InChI is InChI=1S/C16H23N5O2S.2ClH/c1-12(16-18-15(19-23-16)13-4-3-11-24-13)20-7-9-21(10-8-20)14(22)5-6-17-2;;/h3-4,11-12,17H,5-10H2,1-2H3;2*1H. The van der Waals surface area contributed by atoms with Gasteiger partial charge in [0, 0.05) is 39.1 Å². The van der Waals surface area contributed by atoms with E-state index in [4.69, 9.17) is 4.52 Å². The minimum atomic E-state index is 0. The Bertz CT molecular complexity index is 659. The Hall–Kier alpha value is -1.19. The van der Waals surface area contributed by atoms with Gasteiger partial charge in [0.1, 0.15) is 0 Å². The molecule has 1 N–H and O–H groups in total. The Morgan fingerprint density at radius 3 is 2.69 bits per heavy atom. The van der Waals surface area contributed by atoms with Crippen molar-refractivity contribution in [1.29, 1.82) is 0 Å². The van der Waals surface area contributed by atoms with Crippen LogP contribution in [0.3, 0.4) is 0 Å². The predicted molar refractivity (Wildman–Crippen MR) is 107 cm³/mol. The van der Waals surface area contributed by atoms with E-state index in [-0.39, 0.29) is 36.8 Å². The fourth-order valence-corrected chi connectivity index (χ4v) is 3.46. The third-order valence-electron chi connectivity index (χ3n) is 4.34. The minimum absolute atomic E-state index is 0. The van der Waals surface area contributed by atoms with E-state index >= 15 is 0 Å². The first kappa shape index (κ1) is 22.9. The van der Waals surface area contributed by atoms with E-state index < -0.39 is 0 Å². The average molecular weight is 422 g/mol. The van der Waals surface area contributed by atoms with E-state index in [1.165, 1.54) is 0 Å². The van der Waals surface area contributed by atoms with Gasteiger partial charge in [-0.1, -0.05) is 11.2 Å². The molecule has 146 valence electrons. The third kappa shape index (κ3) is 5.40. The van der Waals surface area contributed by atoms with E-state index in [1.807, 2.05) is 29.5 Å². The summed E-state index contributed by atoms with van der Waals surface area (Å²) in [5, 5.41) is 9.09. The van der Waals surface area contributed by atoms with Crippen LogP contribution in [0.4, 0.5) is 0 Å². The molecule has 0 spiro atoms. The monoisotopic (exact) mass is 421 g/mol. The number of carbonyl (C=O) groups excluding carboxylic acids is 1. The van der Waals surface area contributed by atoms with Crippen molar-refractivity contribution in [2.45, 2.75) is 19.4 Å². The fraction of sp³-hybridized carbons (Fsp3) is 0.562. The van der Waals surface area contributed by atoms with E-state index in [0.29, 0.717) is 18.1 Å². The Labute approximate surface area is 169 Å². The number of thiophene rings is 1. The molecule has 1 amide bonds. The number of nitrogens with one attached hydrogen (secondary N) is 1. The molecule has 7 nitrogen and oxygen atoms in total. The van der Waals surface area contributed by atoms with Crippen LogP contribution < -0.4 is 5.32 Å². The lowest BCUT2D eigenvalue weighted by Gasteiger charge is -2.36. The van der Waals surface area contributed by atoms with Crippen LogP contribution in [0.2, 0.25) is 0 Å². The molecule has 1 fully saturated rings. The van der Waals surface area contributed by atoms with Crippen LogP contribution in [0, 0.1) is 0 Å². The Morgan fingerprint density at radius 2 is 2.08 bits per heavy atom. The predicted octanol–water partition coefficient (Wildman–Crippen LogP) is 2.46. The fourth-order valence-electron chi connectivity index (χ4n) is 2.82. The molecule has 3 heterocycles. The van der Waals surface area contributed by atoms with E-state index in [2.05, 4.69) is 27.3 Å². The van der Waals surface area contributed by atoms with Crippen LogP contribution in [0.25, 0.3) is 10.7 Å². The number of piperazine rings is 1. The average Bonchev–Trinajstić information content (AvgIpc) is 3.30. The first-order valence-corrected chi connectivity index (χ1v) is 9.11. The van der Waals surface area contributed by atoms with Gasteiger partial charge >= 0.3 is 0 Å². The number of halogens is 2.